The summed E-state index contributed by atoms with van der Waals surface area (Å²) < 4.78 is 52.9. The molecular weight excluding hydrogens is 503 g/mol. The fourth-order valence-corrected chi connectivity index (χ4v) is 5.84. The maximum absolute atomic E-state index is 14.7. The Morgan fingerprint density at radius 2 is 1.69 bits per heavy atom. The fraction of sp³-hybridized carbons (Fsp3) is 0.269. The number of hydrogen-bond acceptors (Lipinski definition) is 6. The van der Waals surface area contributed by atoms with Crippen LogP contribution < -0.4 is 19.1 Å². The van der Waals surface area contributed by atoms with Crippen molar-refractivity contribution in [3.05, 3.63) is 83.7 Å². The number of methoxy groups -OCH3 is 2. The van der Waals surface area contributed by atoms with Crippen LogP contribution in [0.3, 0.4) is 0 Å². The van der Waals surface area contributed by atoms with Gasteiger partial charge in [-0.2, -0.15) is 11.8 Å². The van der Waals surface area contributed by atoms with Crippen molar-refractivity contribution in [1.29, 1.82) is 0 Å². The molecule has 0 atom stereocenters. The van der Waals surface area contributed by atoms with E-state index in [4.69, 9.17) is 9.47 Å². The van der Waals surface area contributed by atoms with Crippen LogP contribution in [0.2, 0.25) is 0 Å². The van der Waals surface area contributed by atoms with Crippen LogP contribution in [-0.2, 0) is 20.6 Å². The molecule has 0 saturated carbocycles. The molecule has 3 rings (SSSR count). The molecule has 0 unspecified atom stereocenters. The van der Waals surface area contributed by atoms with E-state index >= 15 is 0 Å². The molecule has 10 heteroatoms. The third-order valence-corrected chi connectivity index (χ3v) is 8.20. The van der Waals surface area contributed by atoms with E-state index in [0.717, 1.165) is 16.1 Å². The van der Waals surface area contributed by atoms with Crippen molar-refractivity contribution in [3.8, 4) is 11.5 Å². The molecule has 0 radical (unpaired) electrons. The highest BCUT2D eigenvalue weighted by atomic mass is 32.2. The molecule has 0 fully saturated rings. The molecule has 0 spiro atoms. The Labute approximate surface area is 215 Å². The van der Waals surface area contributed by atoms with Gasteiger partial charge >= 0.3 is 0 Å². The predicted octanol–water partition coefficient (Wildman–Crippen LogP) is 4.40. The topological polar surface area (TPSA) is 84.9 Å². The normalized spacial score (nSPS) is 11.1. The van der Waals surface area contributed by atoms with Crippen LogP contribution in [0.5, 0.6) is 11.5 Å². The minimum absolute atomic E-state index is 0.162. The molecular formula is C26H29FN2O5S2. The van der Waals surface area contributed by atoms with Gasteiger partial charge in [0.05, 0.1) is 24.8 Å². The van der Waals surface area contributed by atoms with Gasteiger partial charge in [-0.05, 0) is 42.3 Å². The summed E-state index contributed by atoms with van der Waals surface area (Å²) in [6, 6.07) is 17.6. The molecule has 3 aromatic carbocycles. The van der Waals surface area contributed by atoms with Crippen LogP contribution in [0, 0.1) is 12.7 Å². The van der Waals surface area contributed by atoms with E-state index in [2.05, 4.69) is 11.4 Å². The van der Waals surface area contributed by atoms with Crippen molar-refractivity contribution < 1.29 is 27.1 Å². The Kier molecular flexibility index (Phi) is 9.60. The lowest BCUT2D eigenvalue weighted by Gasteiger charge is -2.25. The second-order valence-electron chi connectivity index (χ2n) is 7.81. The van der Waals surface area contributed by atoms with Gasteiger partial charge < -0.3 is 14.8 Å². The van der Waals surface area contributed by atoms with Crippen molar-refractivity contribution in [2.75, 3.05) is 37.4 Å². The lowest BCUT2D eigenvalue weighted by molar-refractivity contribution is -0.119. The van der Waals surface area contributed by atoms with Gasteiger partial charge in [-0.25, -0.2) is 12.8 Å². The summed E-state index contributed by atoms with van der Waals surface area (Å²) >= 11 is 1.66. The predicted molar refractivity (Wildman–Crippen MR) is 141 cm³/mol. The van der Waals surface area contributed by atoms with Crippen LogP contribution in [-0.4, -0.2) is 47.4 Å². The van der Waals surface area contributed by atoms with E-state index in [1.165, 1.54) is 61.7 Å². The molecule has 36 heavy (non-hydrogen) atoms. The summed E-state index contributed by atoms with van der Waals surface area (Å²) in [5.74, 6) is 0.679. The summed E-state index contributed by atoms with van der Waals surface area (Å²) in [6.07, 6.45) is 0. The van der Waals surface area contributed by atoms with Crippen molar-refractivity contribution in [3.63, 3.8) is 0 Å². The van der Waals surface area contributed by atoms with Gasteiger partial charge in [0.25, 0.3) is 10.0 Å². The standard InChI is InChI=1S/C26H29FN2O5S2/c1-19-8-4-5-9-20(19)18-35-15-14-28-26(30)17-29(23-11-7-6-10-22(23)27)36(31,32)21-12-13-24(33-2)25(16-21)34-3/h4-13,16H,14-15,17-18H2,1-3H3,(H,28,30). The molecule has 1 amide bonds. The summed E-state index contributed by atoms with van der Waals surface area (Å²) in [6.45, 7) is 1.81. The molecule has 0 aliphatic rings. The average molecular weight is 533 g/mol. The monoisotopic (exact) mass is 532 g/mol. The minimum atomic E-state index is -4.31. The Hall–Kier alpha value is -3.24. The molecule has 0 heterocycles. The highest BCUT2D eigenvalue weighted by Crippen LogP contribution is 2.32. The smallest absolute Gasteiger partial charge is 0.265 e. The quantitative estimate of drug-likeness (QED) is 0.348. The van der Waals surface area contributed by atoms with Crippen LogP contribution in [0.4, 0.5) is 10.1 Å². The van der Waals surface area contributed by atoms with Gasteiger partial charge in [-0.3, -0.25) is 9.10 Å². The van der Waals surface area contributed by atoms with Gasteiger partial charge in [0.1, 0.15) is 12.4 Å². The highest BCUT2D eigenvalue weighted by Gasteiger charge is 2.30. The van der Waals surface area contributed by atoms with Gasteiger partial charge in [0.15, 0.2) is 11.5 Å². The van der Waals surface area contributed by atoms with E-state index in [-0.39, 0.29) is 16.3 Å². The van der Waals surface area contributed by atoms with Crippen molar-refractivity contribution in [1.82, 2.24) is 5.32 Å². The second-order valence-corrected chi connectivity index (χ2v) is 10.8. The van der Waals surface area contributed by atoms with Crippen molar-refractivity contribution >= 4 is 33.4 Å². The van der Waals surface area contributed by atoms with Crippen LogP contribution in [0.1, 0.15) is 11.1 Å². The Morgan fingerprint density at radius 3 is 2.39 bits per heavy atom. The van der Waals surface area contributed by atoms with Crippen molar-refractivity contribution in [2.45, 2.75) is 17.6 Å². The largest absolute Gasteiger partial charge is 0.493 e. The lowest BCUT2D eigenvalue weighted by atomic mass is 10.1. The zero-order chi connectivity index (χ0) is 26.1. The molecule has 0 saturated heterocycles. The molecule has 0 aliphatic carbocycles. The Balaban J connectivity index is 1.73. The minimum Gasteiger partial charge on any atom is -0.493 e. The lowest BCUT2D eigenvalue weighted by Crippen LogP contribution is -2.41. The SMILES string of the molecule is COc1ccc(S(=O)(=O)N(CC(=O)NCCSCc2ccccc2C)c2ccccc2F)cc1OC. The molecule has 0 aromatic heterocycles. The molecule has 0 bridgehead atoms. The number of carbonyl (C=O) groups excluding carboxylic acids is 1. The number of amides is 1. The van der Waals surface area contributed by atoms with Gasteiger partial charge in [-0.15, -0.1) is 0 Å². The third-order valence-electron chi connectivity index (χ3n) is 5.44. The van der Waals surface area contributed by atoms with E-state index < -0.39 is 28.3 Å². The number of hydrogen-bond donors (Lipinski definition) is 1. The number of halogens is 1. The van der Waals surface area contributed by atoms with Crippen LogP contribution in [0.15, 0.2) is 71.6 Å². The number of rotatable bonds is 12. The van der Waals surface area contributed by atoms with E-state index in [1.54, 1.807) is 11.8 Å². The molecule has 1 N–H and O–H groups in total. The third kappa shape index (κ3) is 6.70. The van der Waals surface area contributed by atoms with Crippen LogP contribution >= 0.6 is 11.8 Å². The average Bonchev–Trinajstić information content (AvgIpc) is 2.88. The zero-order valence-corrected chi connectivity index (χ0v) is 22.0. The number of ether oxygens (including phenoxy) is 2. The summed E-state index contributed by atoms with van der Waals surface area (Å²) in [4.78, 5) is 12.6. The summed E-state index contributed by atoms with van der Waals surface area (Å²) in [7, 11) is -1.50. The zero-order valence-electron chi connectivity index (χ0n) is 20.4. The number of carbonyl (C=O) groups is 1. The van der Waals surface area contributed by atoms with E-state index in [1.807, 2.05) is 25.1 Å². The first kappa shape index (κ1) is 27.3. The first-order valence-corrected chi connectivity index (χ1v) is 13.8. The van der Waals surface area contributed by atoms with Crippen molar-refractivity contribution in [2.24, 2.45) is 0 Å². The Morgan fingerprint density at radius 1 is 1.00 bits per heavy atom. The number of sulfonamides is 1. The number of benzene rings is 3. The fourth-order valence-electron chi connectivity index (χ4n) is 3.46. The summed E-state index contributed by atoms with van der Waals surface area (Å²) in [5.41, 5.74) is 2.20. The first-order chi connectivity index (χ1) is 17.3. The number of para-hydroxylation sites is 1. The number of aryl methyl sites for hydroxylation is 1. The first-order valence-electron chi connectivity index (χ1n) is 11.2. The Bertz CT molecular complexity index is 1300. The highest BCUT2D eigenvalue weighted by molar-refractivity contribution is 7.98. The maximum Gasteiger partial charge on any atom is 0.265 e. The molecule has 7 nitrogen and oxygen atoms in total. The second kappa shape index (κ2) is 12.6. The van der Waals surface area contributed by atoms with E-state index in [9.17, 15) is 17.6 Å². The van der Waals surface area contributed by atoms with Gasteiger partial charge in [0, 0.05) is 24.1 Å². The van der Waals surface area contributed by atoms with Gasteiger partial charge in [-0.1, -0.05) is 36.4 Å². The summed E-state index contributed by atoms with van der Waals surface area (Å²) in [5, 5.41) is 2.73. The van der Waals surface area contributed by atoms with E-state index in [0.29, 0.717) is 18.0 Å². The van der Waals surface area contributed by atoms with Crippen LogP contribution in [0.25, 0.3) is 0 Å². The number of nitrogens with zero attached hydrogens (tertiary/aromatic N) is 1. The maximum atomic E-state index is 14.7. The number of thioether (sulfide) groups is 1. The molecule has 192 valence electrons. The number of nitrogens with one attached hydrogen (secondary N) is 1. The molecule has 0 aliphatic heterocycles. The molecule has 3 aromatic rings. The number of anilines is 1. The van der Waals surface area contributed by atoms with Gasteiger partial charge in [0.2, 0.25) is 5.91 Å².